The first-order valence-corrected chi connectivity index (χ1v) is 18.3. The van der Waals surface area contributed by atoms with Crippen LogP contribution in [0.25, 0.3) is 0 Å². The van der Waals surface area contributed by atoms with Gasteiger partial charge in [0.25, 0.3) is 11.8 Å². The minimum absolute atomic E-state index is 0.155. The Morgan fingerprint density at radius 2 is 1.43 bits per heavy atom. The molecule has 4 rings (SSSR count). The summed E-state index contributed by atoms with van der Waals surface area (Å²) in [6.45, 7) is 2.86. The fourth-order valence-electron chi connectivity index (χ4n) is 5.02. The summed E-state index contributed by atoms with van der Waals surface area (Å²) < 4.78 is 0. The molecule has 1 heterocycles. The Morgan fingerprint density at radius 3 is 2.09 bits per heavy atom. The van der Waals surface area contributed by atoms with E-state index in [0.717, 1.165) is 17.9 Å². The molecule has 1 unspecified atom stereocenters. The van der Waals surface area contributed by atoms with Crippen molar-refractivity contribution in [2.45, 2.75) is 81.3 Å². The summed E-state index contributed by atoms with van der Waals surface area (Å²) in [6, 6.07) is 15.1. The fraction of sp³-hybridized carbons (Fsp3) is 0.382. The highest BCUT2D eigenvalue weighted by atomic mass is 35.5. The molecule has 2 amide bonds. The lowest BCUT2D eigenvalue weighted by Crippen LogP contribution is -2.32. The predicted octanol–water partition coefficient (Wildman–Crippen LogP) is 11.5. The minimum Gasteiger partial charge on any atom is -0.352 e. The second-order valence-corrected chi connectivity index (χ2v) is 14.3. The standard InChI is InChI=1S/C34H37Cl5N4O2S/c1-2-3-4-5-6-7-8-9-10-11-17-40-33(44)22-13-12-14-25(18-22)46-31-32(41-29-16-15-23(35)19-26(29)37)42-43(34(31)45)30-27(38)20-24(36)21-28(30)39/h12-16,18-21,31H,2-11,17H2,1H3,(H,40,44)(H,41,42). The number of hydrogen-bond acceptors (Lipinski definition) is 5. The van der Waals surface area contributed by atoms with Crippen molar-refractivity contribution in [1.29, 1.82) is 0 Å². The number of thioether (sulfide) groups is 1. The second-order valence-electron chi connectivity index (χ2n) is 11.1. The third-order valence-electron chi connectivity index (χ3n) is 7.44. The third kappa shape index (κ3) is 10.4. The van der Waals surface area contributed by atoms with Crippen LogP contribution in [0, 0.1) is 0 Å². The number of nitrogens with one attached hydrogen (secondary N) is 2. The lowest BCUT2D eigenvalue weighted by molar-refractivity contribution is -0.116. The van der Waals surface area contributed by atoms with E-state index in [4.69, 9.17) is 58.0 Å². The van der Waals surface area contributed by atoms with Gasteiger partial charge in [-0.2, -0.15) is 5.01 Å². The van der Waals surface area contributed by atoms with Gasteiger partial charge in [-0.3, -0.25) is 9.59 Å². The fourth-order valence-corrected chi connectivity index (χ4v) is 7.50. The van der Waals surface area contributed by atoms with Crippen LogP contribution < -0.4 is 15.6 Å². The van der Waals surface area contributed by atoms with Crippen LogP contribution in [-0.4, -0.2) is 29.4 Å². The predicted molar refractivity (Wildman–Crippen MR) is 197 cm³/mol. The number of amides is 2. The molecule has 0 fully saturated rings. The van der Waals surface area contributed by atoms with Crippen molar-refractivity contribution in [3.8, 4) is 0 Å². The zero-order valence-electron chi connectivity index (χ0n) is 25.6. The molecule has 0 bridgehead atoms. The molecule has 0 spiro atoms. The van der Waals surface area contributed by atoms with Crippen molar-refractivity contribution in [2.75, 3.05) is 16.9 Å². The number of halogens is 5. The quantitative estimate of drug-likeness (QED) is 0.143. The van der Waals surface area contributed by atoms with Crippen LogP contribution in [0.4, 0.5) is 11.4 Å². The summed E-state index contributed by atoms with van der Waals surface area (Å²) in [5.41, 5.74) is 1.23. The number of nitrogens with zero attached hydrogens (tertiary/aromatic N) is 2. The maximum atomic E-state index is 13.9. The molecular formula is C34H37Cl5N4O2S. The summed E-state index contributed by atoms with van der Waals surface area (Å²) in [7, 11) is 0. The van der Waals surface area contributed by atoms with Gasteiger partial charge >= 0.3 is 0 Å². The van der Waals surface area contributed by atoms with Crippen LogP contribution in [-0.2, 0) is 4.79 Å². The SMILES string of the molecule is CCCCCCCCCCCCNC(=O)c1cccc(SC2C(=O)N(c3c(Cl)cc(Cl)cc3Cl)N=C2Nc2ccc(Cl)cc2Cl)c1. The highest BCUT2D eigenvalue weighted by molar-refractivity contribution is 8.01. The summed E-state index contributed by atoms with van der Waals surface area (Å²) in [4.78, 5) is 27.5. The maximum absolute atomic E-state index is 13.9. The monoisotopic (exact) mass is 740 g/mol. The van der Waals surface area contributed by atoms with Crippen LogP contribution in [0.2, 0.25) is 25.1 Å². The van der Waals surface area contributed by atoms with E-state index < -0.39 is 5.25 Å². The van der Waals surface area contributed by atoms with Gasteiger partial charge in [0.2, 0.25) is 0 Å². The van der Waals surface area contributed by atoms with E-state index in [1.165, 1.54) is 75.3 Å². The Kier molecular flexibility index (Phi) is 14.7. The van der Waals surface area contributed by atoms with Crippen LogP contribution in [0.5, 0.6) is 0 Å². The highest BCUT2D eigenvalue weighted by Gasteiger charge is 2.40. The molecule has 246 valence electrons. The molecule has 1 atom stereocenters. The Hall–Kier alpha value is -2.13. The molecule has 0 aromatic heterocycles. The Balaban J connectivity index is 1.40. The third-order valence-corrected chi connectivity index (χ3v) is 9.97. The number of hydrogen-bond donors (Lipinski definition) is 2. The van der Waals surface area contributed by atoms with E-state index in [-0.39, 0.29) is 27.5 Å². The molecule has 6 nitrogen and oxygen atoms in total. The minimum atomic E-state index is -0.834. The number of unbranched alkanes of at least 4 members (excludes halogenated alkanes) is 9. The van der Waals surface area contributed by atoms with Gasteiger partial charge in [-0.15, -0.1) is 16.9 Å². The van der Waals surface area contributed by atoms with E-state index in [0.29, 0.717) is 43.6 Å². The van der Waals surface area contributed by atoms with Crippen molar-refractivity contribution >= 4 is 98.8 Å². The molecule has 0 saturated heterocycles. The van der Waals surface area contributed by atoms with Gasteiger partial charge in [0.05, 0.1) is 20.8 Å². The Bertz CT molecular complexity index is 1530. The number of hydrazone groups is 1. The number of benzene rings is 3. The molecule has 1 aliphatic rings. The molecule has 12 heteroatoms. The molecule has 3 aromatic rings. The van der Waals surface area contributed by atoms with Gasteiger partial charge in [-0.25, -0.2) is 0 Å². The zero-order chi connectivity index (χ0) is 33.1. The highest BCUT2D eigenvalue weighted by Crippen LogP contribution is 2.41. The number of anilines is 2. The summed E-state index contributed by atoms with van der Waals surface area (Å²) in [6.07, 6.45) is 12.4. The topological polar surface area (TPSA) is 73.8 Å². The largest absolute Gasteiger partial charge is 0.352 e. The van der Waals surface area contributed by atoms with E-state index in [1.54, 1.807) is 36.4 Å². The van der Waals surface area contributed by atoms with Crippen molar-refractivity contribution < 1.29 is 9.59 Å². The molecule has 46 heavy (non-hydrogen) atoms. The lowest BCUT2D eigenvalue weighted by atomic mass is 10.1. The second kappa shape index (κ2) is 18.4. The zero-order valence-corrected chi connectivity index (χ0v) is 30.2. The first-order chi connectivity index (χ1) is 22.2. The van der Waals surface area contributed by atoms with Crippen LogP contribution in [0.3, 0.4) is 0 Å². The summed E-state index contributed by atoms with van der Waals surface area (Å²) >= 11 is 32.8. The normalized spacial score (nSPS) is 14.5. The van der Waals surface area contributed by atoms with E-state index in [1.807, 2.05) is 6.07 Å². The summed E-state index contributed by atoms with van der Waals surface area (Å²) in [5.74, 6) is -0.242. The molecule has 1 aliphatic heterocycles. The van der Waals surface area contributed by atoms with E-state index >= 15 is 0 Å². The first kappa shape index (κ1) is 36.7. The number of carbonyl (C=O) groups excluding carboxylic acids is 2. The molecule has 3 aromatic carbocycles. The molecule has 2 N–H and O–H groups in total. The van der Waals surface area contributed by atoms with Crippen LogP contribution in [0.15, 0.2) is 64.6 Å². The Labute approximate surface area is 300 Å². The van der Waals surface area contributed by atoms with Crippen molar-refractivity contribution in [2.24, 2.45) is 5.10 Å². The molecule has 0 aliphatic carbocycles. The first-order valence-electron chi connectivity index (χ1n) is 15.5. The van der Waals surface area contributed by atoms with Crippen LogP contribution in [0.1, 0.15) is 81.5 Å². The van der Waals surface area contributed by atoms with Crippen LogP contribution >= 0.6 is 69.8 Å². The smallest absolute Gasteiger partial charge is 0.268 e. The summed E-state index contributed by atoms with van der Waals surface area (Å²) in [5, 5.41) is 12.6. The molecule has 0 saturated carbocycles. The van der Waals surface area contributed by atoms with Gasteiger partial charge in [0, 0.05) is 27.0 Å². The van der Waals surface area contributed by atoms with Crippen molar-refractivity contribution in [3.05, 3.63) is 85.3 Å². The Morgan fingerprint density at radius 1 is 0.804 bits per heavy atom. The number of amidine groups is 1. The maximum Gasteiger partial charge on any atom is 0.268 e. The van der Waals surface area contributed by atoms with Gasteiger partial charge in [0.15, 0.2) is 11.1 Å². The van der Waals surface area contributed by atoms with Crippen molar-refractivity contribution in [3.63, 3.8) is 0 Å². The molecular weight excluding hydrogens is 706 g/mol. The van der Waals surface area contributed by atoms with E-state index in [9.17, 15) is 9.59 Å². The van der Waals surface area contributed by atoms with E-state index in [2.05, 4.69) is 22.7 Å². The van der Waals surface area contributed by atoms with Gasteiger partial charge in [0.1, 0.15) is 5.69 Å². The van der Waals surface area contributed by atoms with Gasteiger partial charge in [-0.05, 0) is 55.0 Å². The number of carbonyl (C=O) groups is 2. The van der Waals surface area contributed by atoms with Crippen molar-refractivity contribution in [1.82, 2.24) is 5.32 Å². The average Bonchev–Trinajstić information content (AvgIpc) is 3.30. The lowest BCUT2D eigenvalue weighted by Gasteiger charge is -2.17. The molecule has 0 radical (unpaired) electrons. The van der Waals surface area contributed by atoms with Gasteiger partial charge in [-0.1, -0.05) is 129 Å². The average molecular weight is 743 g/mol. The number of rotatable bonds is 16. The van der Waals surface area contributed by atoms with Gasteiger partial charge < -0.3 is 10.6 Å².